The molecule has 0 aliphatic rings. The number of rotatable bonds is 6. The van der Waals surface area contributed by atoms with Gasteiger partial charge in [-0.2, -0.15) is 18.2 Å². The molecule has 3 aromatic rings. The van der Waals surface area contributed by atoms with Gasteiger partial charge in [0.25, 0.3) is 0 Å². The Bertz CT molecular complexity index is 1260. The van der Waals surface area contributed by atoms with Crippen LogP contribution in [-0.2, 0) is 22.4 Å². The number of nitrogens with zero attached hydrogens (tertiary/aromatic N) is 2. The number of H-pyrrole nitrogens is 1. The van der Waals surface area contributed by atoms with Crippen LogP contribution in [0.2, 0.25) is 5.02 Å². The molecule has 1 aromatic heterocycles. The van der Waals surface area contributed by atoms with Crippen molar-refractivity contribution in [1.29, 1.82) is 0 Å². The predicted octanol–water partition coefficient (Wildman–Crippen LogP) is 4.15. The van der Waals surface area contributed by atoms with Gasteiger partial charge in [-0.3, -0.25) is 4.98 Å². The molecule has 0 atom stereocenters. The van der Waals surface area contributed by atoms with Crippen LogP contribution in [0.5, 0.6) is 0 Å². The molecule has 1 N–H and O–H groups in total. The summed E-state index contributed by atoms with van der Waals surface area (Å²) in [5.41, 5.74) is -0.344. The lowest BCUT2D eigenvalue weighted by Gasteiger charge is -2.09. The lowest BCUT2D eigenvalue weighted by atomic mass is 10.1. The number of alkyl halides is 3. The van der Waals surface area contributed by atoms with Crippen molar-refractivity contribution in [3.05, 3.63) is 69.1 Å². The van der Waals surface area contributed by atoms with Gasteiger partial charge in [0.1, 0.15) is 15.7 Å². The van der Waals surface area contributed by atoms with Gasteiger partial charge in [0.15, 0.2) is 5.82 Å². The van der Waals surface area contributed by atoms with Crippen molar-refractivity contribution in [2.24, 2.45) is 0 Å². The molecule has 0 bridgehead atoms. The summed E-state index contributed by atoms with van der Waals surface area (Å²) in [4.78, 5) is 22.5. The first-order chi connectivity index (χ1) is 14.5. The molecular formula is C20H17ClF3N3O3S. The first-order valence-corrected chi connectivity index (χ1v) is 11.3. The van der Waals surface area contributed by atoms with Crippen LogP contribution in [0.4, 0.5) is 13.2 Å². The Hall–Kier alpha value is -2.72. The SMILES string of the molecule is CCS(=O)(=O)CCc1ccc(Cl)c(-c2nc(-c3ccc(C(F)(F)F)cc3)nc(=O)[nH]2)c1. The van der Waals surface area contributed by atoms with Crippen molar-refractivity contribution in [2.45, 2.75) is 19.5 Å². The summed E-state index contributed by atoms with van der Waals surface area (Å²) >= 11 is 6.24. The molecule has 6 nitrogen and oxygen atoms in total. The quantitative estimate of drug-likeness (QED) is 0.583. The van der Waals surface area contributed by atoms with Gasteiger partial charge >= 0.3 is 11.9 Å². The monoisotopic (exact) mass is 471 g/mol. The Balaban J connectivity index is 1.98. The number of aryl methyl sites for hydroxylation is 1. The molecule has 0 aliphatic carbocycles. The summed E-state index contributed by atoms with van der Waals surface area (Å²) in [6, 6.07) is 8.95. The summed E-state index contributed by atoms with van der Waals surface area (Å²) in [5.74, 6) is -0.00668. The van der Waals surface area contributed by atoms with E-state index in [4.69, 9.17) is 11.6 Å². The van der Waals surface area contributed by atoms with Gasteiger partial charge in [-0.05, 0) is 36.2 Å². The number of halogens is 4. The molecule has 0 saturated carbocycles. The van der Waals surface area contributed by atoms with E-state index in [1.54, 1.807) is 25.1 Å². The van der Waals surface area contributed by atoms with Crippen LogP contribution < -0.4 is 5.69 Å². The first-order valence-electron chi connectivity index (χ1n) is 9.14. The smallest absolute Gasteiger partial charge is 0.290 e. The Morgan fingerprint density at radius 1 is 1.06 bits per heavy atom. The molecule has 31 heavy (non-hydrogen) atoms. The van der Waals surface area contributed by atoms with E-state index in [1.807, 2.05) is 0 Å². The molecule has 0 radical (unpaired) electrons. The molecule has 0 aliphatic heterocycles. The molecule has 0 unspecified atom stereocenters. The zero-order valence-electron chi connectivity index (χ0n) is 16.2. The fourth-order valence-corrected chi connectivity index (χ4v) is 3.82. The van der Waals surface area contributed by atoms with Crippen molar-refractivity contribution in [2.75, 3.05) is 11.5 Å². The van der Waals surface area contributed by atoms with Crippen LogP contribution in [0, 0.1) is 0 Å². The van der Waals surface area contributed by atoms with Gasteiger partial charge in [-0.25, -0.2) is 18.2 Å². The summed E-state index contributed by atoms with van der Waals surface area (Å²) in [6.45, 7) is 1.57. The highest BCUT2D eigenvalue weighted by molar-refractivity contribution is 7.91. The lowest BCUT2D eigenvalue weighted by Crippen LogP contribution is -2.15. The largest absolute Gasteiger partial charge is 0.416 e. The molecule has 0 amide bonds. The van der Waals surface area contributed by atoms with Gasteiger partial charge in [0.05, 0.1) is 16.3 Å². The zero-order chi connectivity index (χ0) is 22.8. The maximum Gasteiger partial charge on any atom is 0.416 e. The molecule has 11 heteroatoms. The molecule has 2 aromatic carbocycles. The van der Waals surface area contributed by atoms with Gasteiger partial charge < -0.3 is 0 Å². The highest BCUT2D eigenvalue weighted by atomic mass is 35.5. The van der Waals surface area contributed by atoms with Gasteiger partial charge in [0.2, 0.25) is 0 Å². The summed E-state index contributed by atoms with van der Waals surface area (Å²) in [5, 5.41) is 0.259. The van der Waals surface area contributed by atoms with Crippen LogP contribution in [0.1, 0.15) is 18.1 Å². The number of hydrogen-bond acceptors (Lipinski definition) is 5. The second-order valence-corrected chi connectivity index (χ2v) is 9.58. The van der Waals surface area contributed by atoms with Crippen molar-refractivity contribution < 1.29 is 21.6 Å². The summed E-state index contributed by atoms with van der Waals surface area (Å²) in [7, 11) is -3.17. The van der Waals surface area contributed by atoms with E-state index in [0.717, 1.165) is 12.1 Å². The number of benzene rings is 2. The predicted molar refractivity (Wildman–Crippen MR) is 112 cm³/mol. The van der Waals surface area contributed by atoms with Crippen LogP contribution in [0.25, 0.3) is 22.8 Å². The molecule has 0 fully saturated rings. The van der Waals surface area contributed by atoms with E-state index < -0.39 is 27.3 Å². The fourth-order valence-electron chi connectivity index (χ4n) is 2.78. The molecule has 3 rings (SSSR count). The second-order valence-electron chi connectivity index (χ2n) is 6.70. The number of nitrogens with one attached hydrogen (secondary N) is 1. The average molecular weight is 472 g/mol. The molecule has 1 heterocycles. The van der Waals surface area contributed by atoms with Crippen LogP contribution in [-0.4, -0.2) is 34.9 Å². The standard InChI is InChI=1S/C20H17ClF3N3O3S/c1-2-31(29,30)10-9-12-3-8-16(21)15(11-12)18-25-17(26-19(28)27-18)13-4-6-14(7-5-13)20(22,23)24/h3-8,11H,2,9-10H2,1H3,(H,25,26,27,28). The fraction of sp³-hybridized carbons (Fsp3) is 0.250. The second kappa shape index (κ2) is 8.80. The van der Waals surface area contributed by atoms with Crippen molar-refractivity contribution in [1.82, 2.24) is 15.0 Å². The third-order valence-corrected chi connectivity index (χ3v) is 6.58. The molecule has 0 saturated heterocycles. The van der Waals surface area contributed by atoms with E-state index in [0.29, 0.717) is 11.1 Å². The Morgan fingerprint density at radius 3 is 2.35 bits per heavy atom. The lowest BCUT2D eigenvalue weighted by molar-refractivity contribution is -0.137. The van der Waals surface area contributed by atoms with E-state index in [9.17, 15) is 26.4 Å². The number of sulfone groups is 1. The average Bonchev–Trinajstić information content (AvgIpc) is 2.72. The van der Waals surface area contributed by atoms with Gasteiger partial charge in [-0.15, -0.1) is 0 Å². The number of aromatic nitrogens is 3. The van der Waals surface area contributed by atoms with Crippen LogP contribution >= 0.6 is 11.6 Å². The van der Waals surface area contributed by atoms with E-state index in [1.165, 1.54) is 12.1 Å². The Morgan fingerprint density at radius 2 is 1.74 bits per heavy atom. The van der Waals surface area contributed by atoms with E-state index in [-0.39, 0.29) is 40.2 Å². The normalized spacial score (nSPS) is 12.2. The highest BCUT2D eigenvalue weighted by Gasteiger charge is 2.30. The molecular weight excluding hydrogens is 455 g/mol. The first kappa shape index (κ1) is 23.0. The van der Waals surface area contributed by atoms with Gasteiger partial charge in [0, 0.05) is 16.9 Å². The highest BCUT2D eigenvalue weighted by Crippen LogP contribution is 2.31. The Kier molecular flexibility index (Phi) is 6.51. The van der Waals surface area contributed by atoms with Crippen molar-refractivity contribution in [3.63, 3.8) is 0 Å². The summed E-state index contributed by atoms with van der Waals surface area (Å²) in [6.07, 6.45) is -4.24. The summed E-state index contributed by atoms with van der Waals surface area (Å²) < 4.78 is 61.8. The minimum absolute atomic E-state index is 0.0309. The topological polar surface area (TPSA) is 92.8 Å². The van der Waals surface area contributed by atoms with Gasteiger partial charge in [-0.1, -0.05) is 36.7 Å². The zero-order valence-corrected chi connectivity index (χ0v) is 17.8. The maximum absolute atomic E-state index is 12.8. The maximum atomic E-state index is 12.8. The van der Waals surface area contributed by atoms with E-state index >= 15 is 0 Å². The van der Waals surface area contributed by atoms with Crippen LogP contribution in [0.3, 0.4) is 0 Å². The molecule has 164 valence electrons. The minimum Gasteiger partial charge on any atom is -0.290 e. The molecule has 0 spiro atoms. The van der Waals surface area contributed by atoms with Crippen LogP contribution in [0.15, 0.2) is 47.3 Å². The Labute approximate surface area is 181 Å². The van der Waals surface area contributed by atoms with Crippen molar-refractivity contribution >= 4 is 21.4 Å². The third-order valence-electron chi connectivity index (χ3n) is 4.55. The van der Waals surface area contributed by atoms with Crippen molar-refractivity contribution in [3.8, 4) is 22.8 Å². The minimum atomic E-state index is -4.49. The third kappa shape index (κ3) is 5.71. The van der Waals surface area contributed by atoms with E-state index in [2.05, 4.69) is 15.0 Å². The number of aromatic amines is 1. The number of hydrogen-bond donors (Lipinski definition) is 1.